The Bertz CT molecular complexity index is 894. The van der Waals surface area contributed by atoms with Crippen LogP contribution in [0.3, 0.4) is 0 Å². The standard InChI is InChI=1S/C14H10BrClN4O/c15-9-3-7(16)1-2-11(9)20-13-5-12-8(4-10(13)17)14(21)19-6-18-12/h1-6,20H,17H2,(H,18,19,21). The molecule has 106 valence electrons. The Kier molecular flexibility index (Phi) is 3.57. The minimum Gasteiger partial charge on any atom is -0.397 e. The van der Waals surface area contributed by atoms with E-state index in [4.69, 9.17) is 17.3 Å². The van der Waals surface area contributed by atoms with E-state index in [-0.39, 0.29) is 5.56 Å². The third kappa shape index (κ3) is 2.72. The molecule has 0 aliphatic rings. The van der Waals surface area contributed by atoms with Crippen molar-refractivity contribution in [2.24, 2.45) is 0 Å². The van der Waals surface area contributed by atoms with Crippen LogP contribution < -0.4 is 16.6 Å². The highest BCUT2D eigenvalue weighted by Gasteiger charge is 2.08. The van der Waals surface area contributed by atoms with E-state index >= 15 is 0 Å². The molecule has 0 aliphatic heterocycles. The first-order valence-electron chi connectivity index (χ1n) is 6.03. The number of anilines is 3. The van der Waals surface area contributed by atoms with Crippen LogP contribution in [0.15, 0.2) is 45.9 Å². The Morgan fingerprint density at radius 3 is 2.81 bits per heavy atom. The summed E-state index contributed by atoms with van der Waals surface area (Å²) in [5, 5.41) is 4.28. The first-order valence-corrected chi connectivity index (χ1v) is 7.20. The lowest BCUT2D eigenvalue weighted by Gasteiger charge is -2.12. The number of nitrogens with zero attached hydrogens (tertiary/aromatic N) is 1. The predicted octanol–water partition coefficient (Wildman–Crippen LogP) is 3.66. The molecule has 0 unspecified atom stereocenters. The maximum Gasteiger partial charge on any atom is 0.258 e. The van der Waals surface area contributed by atoms with Crippen LogP contribution in [0, 0.1) is 0 Å². The van der Waals surface area contributed by atoms with Gasteiger partial charge in [-0.2, -0.15) is 0 Å². The van der Waals surface area contributed by atoms with Crippen molar-refractivity contribution in [3.05, 3.63) is 56.5 Å². The number of aromatic amines is 1. The molecule has 4 N–H and O–H groups in total. The average molecular weight is 366 g/mol. The van der Waals surface area contributed by atoms with Crippen molar-refractivity contribution < 1.29 is 0 Å². The minimum absolute atomic E-state index is 0.217. The van der Waals surface area contributed by atoms with Crippen LogP contribution in [0.1, 0.15) is 0 Å². The molecule has 1 heterocycles. The Labute approximate surface area is 133 Å². The molecule has 0 radical (unpaired) electrons. The SMILES string of the molecule is Nc1cc2c(=O)[nH]cnc2cc1Nc1ccc(Cl)cc1Br. The van der Waals surface area contributed by atoms with Crippen LogP contribution in [0.5, 0.6) is 0 Å². The van der Waals surface area contributed by atoms with Gasteiger partial charge in [0.15, 0.2) is 0 Å². The van der Waals surface area contributed by atoms with E-state index in [0.29, 0.717) is 27.3 Å². The summed E-state index contributed by atoms with van der Waals surface area (Å²) in [5.41, 5.74) is 8.30. The molecule has 21 heavy (non-hydrogen) atoms. The number of nitrogen functional groups attached to an aromatic ring is 1. The molecule has 0 saturated heterocycles. The Balaban J connectivity index is 2.08. The normalized spacial score (nSPS) is 10.8. The first-order chi connectivity index (χ1) is 10.0. The lowest BCUT2D eigenvalue weighted by molar-refractivity contribution is 1.17. The van der Waals surface area contributed by atoms with E-state index in [1.54, 1.807) is 24.3 Å². The van der Waals surface area contributed by atoms with Crippen LogP contribution in [0.2, 0.25) is 5.02 Å². The van der Waals surface area contributed by atoms with Gasteiger partial charge in [0.2, 0.25) is 0 Å². The molecule has 0 amide bonds. The zero-order valence-corrected chi connectivity index (χ0v) is 13.0. The molecular formula is C14H10BrClN4O. The zero-order chi connectivity index (χ0) is 15.0. The molecule has 0 aliphatic carbocycles. The van der Waals surface area contributed by atoms with Crippen molar-refractivity contribution in [2.45, 2.75) is 0 Å². The fourth-order valence-corrected chi connectivity index (χ4v) is 2.76. The smallest absolute Gasteiger partial charge is 0.258 e. The Hall–Kier alpha value is -2.05. The number of nitrogens with one attached hydrogen (secondary N) is 2. The number of hydrogen-bond acceptors (Lipinski definition) is 4. The number of fused-ring (bicyclic) bond motifs is 1. The summed E-state index contributed by atoms with van der Waals surface area (Å²) < 4.78 is 0.813. The van der Waals surface area contributed by atoms with E-state index in [1.807, 2.05) is 6.07 Å². The van der Waals surface area contributed by atoms with Gasteiger partial charge in [0.1, 0.15) is 0 Å². The van der Waals surface area contributed by atoms with E-state index in [2.05, 4.69) is 31.2 Å². The number of halogens is 2. The second-order valence-corrected chi connectivity index (χ2v) is 5.73. The largest absolute Gasteiger partial charge is 0.397 e. The molecule has 0 bridgehead atoms. The van der Waals surface area contributed by atoms with Crippen LogP contribution in [0.25, 0.3) is 10.9 Å². The second kappa shape index (κ2) is 5.38. The van der Waals surface area contributed by atoms with Crippen LogP contribution in [-0.2, 0) is 0 Å². The van der Waals surface area contributed by atoms with E-state index in [0.717, 1.165) is 10.2 Å². The van der Waals surface area contributed by atoms with Crippen LogP contribution >= 0.6 is 27.5 Å². The van der Waals surface area contributed by atoms with Gasteiger partial charge in [0, 0.05) is 9.50 Å². The molecule has 2 aromatic carbocycles. The first kappa shape index (κ1) is 13.9. The summed E-state index contributed by atoms with van der Waals surface area (Å²) in [6.45, 7) is 0. The minimum atomic E-state index is -0.217. The number of H-pyrrole nitrogens is 1. The Morgan fingerprint density at radius 2 is 2.05 bits per heavy atom. The zero-order valence-electron chi connectivity index (χ0n) is 10.7. The van der Waals surface area contributed by atoms with Gasteiger partial charge in [0.25, 0.3) is 5.56 Å². The monoisotopic (exact) mass is 364 g/mol. The van der Waals surface area contributed by atoms with Crippen molar-refractivity contribution in [3.63, 3.8) is 0 Å². The van der Waals surface area contributed by atoms with Crippen molar-refractivity contribution in [3.8, 4) is 0 Å². The molecule has 0 spiro atoms. The summed E-state index contributed by atoms with van der Waals surface area (Å²) in [6.07, 6.45) is 1.36. The summed E-state index contributed by atoms with van der Waals surface area (Å²) in [6, 6.07) is 8.73. The molecule has 5 nitrogen and oxygen atoms in total. The van der Waals surface area contributed by atoms with Gasteiger partial charge < -0.3 is 16.0 Å². The number of rotatable bonds is 2. The van der Waals surface area contributed by atoms with Crippen molar-refractivity contribution >= 4 is 55.5 Å². The average Bonchev–Trinajstić information content (AvgIpc) is 2.44. The van der Waals surface area contributed by atoms with Crippen LogP contribution in [0.4, 0.5) is 17.1 Å². The molecule has 0 atom stereocenters. The summed E-state index contributed by atoms with van der Waals surface area (Å²) in [5.74, 6) is 0. The Morgan fingerprint density at radius 1 is 1.24 bits per heavy atom. The summed E-state index contributed by atoms with van der Waals surface area (Å²) >= 11 is 9.35. The molecule has 0 fully saturated rings. The van der Waals surface area contributed by atoms with E-state index in [1.165, 1.54) is 6.33 Å². The highest BCUT2D eigenvalue weighted by atomic mass is 79.9. The molecule has 3 rings (SSSR count). The van der Waals surface area contributed by atoms with Crippen molar-refractivity contribution in [1.82, 2.24) is 9.97 Å². The van der Waals surface area contributed by atoms with E-state index < -0.39 is 0 Å². The number of hydrogen-bond donors (Lipinski definition) is 3. The van der Waals surface area contributed by atoms with Gasteiger partial charge in [0.05, 0.1) is 34.3 Å². The second-order valence-electron chi connectivity index (χ2n) is 4.44. The fourth-order valence-electron chi connectivity index (χ4n) is 1.98. The van der Waals surface area contributed by atoms with Crippen molar-refractivity contribution in [1.29, 1.82) is 0 Å². The maximum absolute atomic E-state index is 11.7. The lowest BCUT2D eigenvalue weighted by Crippen LogP contribution is -2.07. The molecule has 7 heteroatoms. The number of aromatic nitrogens is 2. The van der Waals surface area contributed by atoms with E-state index in [9.17, 15) is 4.79 Å². The highest BCUT2D eigenvalue weighted by molar-refractivity contribution is 9.10. The summed E-state index contributed by atoms with van der Waals surface area (Å²) in [4.78, 5) is 18.4. The number of benzene rings is 2. The quantitative estimate of drug-likeness (QED) is 0.605. The van der Waals surface area contributed by atoms with Gasteiger partial charge in [-0.3, -0.25) is 4.79 Å². The lowest BCUT2D eigenvalue weighted by atomic mass is 10.2. The molecular weight excluding hydrogens is 356 g/mol. The van der Waals surface area contributed by atoms with Crippen LogP contribution in [-0.4, -0.2) is 9.97 Å². The topological polar surface area (TPSA) is 83.8 Å². The predicted molar refractivity (Wildman–Crippen MR) is 89.2 cm³/mol. The highest BCUT2D eigenvalue weighted by Crippen LogP contribution is 2.32. The fraction of sp³-hybridized carbons (Fsp3) is 0. The number of nitrogens with two attached hydrogens (primary N) is 1. The molecule has 1 aromatic heterocycles. The van der Waals surface area contributed by atoms with Crippen molar-refractivity contribution in [2.75, 3.05) is 11.1 Å². The van der Waals surface area contributed by atoms with Gasteiger partial charge in [-0.25, -0.2) is 4.98 Å². The third-order valence-corrected chi connectivity index (χ3v) is 3.90. The third-order valence-electron chi connectivity index (χ3n) is 3.01. The molecule has 0 saturated carbocycles. The van der Waals surface area contributed by atoms with Gasteiger partial charge in [-0.15, -0.1) is 0 Å². The van der Waals surface area contributed by atoms with Gasteiger partial charge in [-0.05, 0) is 46.3 Å². The molecule has 3 aromatic rings. The summed E-state index contributed by atoms with van der Waals surface area (Å²) in [7, 11) is 0. The van der Waals surface area contributed by atoms with Gasteiger partial charge >= 0.3 is 0 Å². The van der Waals surface area contributed by atoms with Gasteiger partial charge in [-0.1, -0.05) is 11.6 Å². The maximum atomic E-state index is 11.7.